The van der Waals surface area contributed by atoms with E-state index in [0.29, 0.717) is 5.91 Å². The van der Waals surface area contributed by atoms with Gasteiger partial charge in [-0.05, 0) is 39.2 Å². The normalized spacial score (nSPS) is 24.9. The van der Waals surface area contributed by atoms with Crippen molar-refractivity contribution in [2.45, 2.75) is 45.1 Å². The van der Waals surface area contributed by atoms with E-state index in [1.54, 1.807) is 6.33 Å². The number of anilines is 1. The third kappa shape index (κ3) is 3.50. The van der Waals surface area contributed by atoms with E-state index in [0.717, 1.165) is 77.2 Å². The van der Waals surface area contributed by atoms with Gasteiger partial charge in [-0.1, -0.05) is 0 Å². The molecule has 6 heteroatoms. The molecule has 3 aliphatic rings. The quantitative estimate of drug-likeness (QED) is 0.818. The average molecular weight is 343 g/mol. The number of carbonyl (C=O) groups excluding carboxylic acids is 1. The van der Waals surface area contributed by atoms with Gasteiger partial charge in [0.25, 0.3) is 0 Å². The number of likely N-dealkylation sites (N-methyl/N-ethyl adjacent to an activating group) is 1. The molecule has 1 aromatic heterocycles. The molecular weight excluding hydrogens is 314 g/mol. The van der Waals surface area contributed by atoms with Crippen molar-refractivity contribution in [2.75, 3.05) is 44.7 Å². The van der Waals surface area contributed by atoms with Crippen LogP contribution in [-0.2, 0) is 17.8 Å². The summed E-state index contributed by atoms with van der Waals surface area (Å²) in [5, 5.41) is 0. The van der Waals surface area contributed by atoms with E-state index >= 15 is 0 Å². The van der Waals surface area contributed by atoms with Crippen molar-refractivity contribution < 1.29 is 4.79 Å². The molecule has 0 spiro atoms. The van der Waals surface area contributed by atoms with Crippen molar-refractivity contribution in [3.63, 3.8) is 0 Å². The van der Waals surface area contributed by atoms with E-state index in [4.69, 9.17) is 0 Å². The standard InChI is InChI=1S/C19H29N5O/c1-22-11-7-17-16(13-22)18(21-14-20-17)24-10-5-6-15(12-24)19(25)23-8-3-2-4-9-23/h14-15H,2-13H2,1H3. The number of piperidine rings is 2. The topological polar surface area (TPSA) is 52.6 Å². The number of amides is 1. The van der Waals surface area contributed by atoms with Gasteiger partial charge in [-0.3, -0.25) is 4.79 Å². The van der Waals surface area contributed by atoms with Crippen LogP contribution in [0.25, 0.3) is 0 Å². The lowest BCUT2D eigenvalue weighted by Gasteiger charge is -2.38. The largest absolute Gasteiger partial charge is 0.355 e. The second kappa shape index (κ2) is 7.28. The molecule has 25 heavy (non-hydrogen) atoms. The second-order valence-electron chi connectivity index (χ2n) is 7.78. The van der Waals surface area contributed by atoms with Gasteiger partial charge in [0.1, 0.15) is 12.1 Å². The van der Waals surface area contributed by atoms with Gasteiger partial charge in [0.15, 0.2) is 0 Å². The fourth-order valence-corrected chi connectivity index (χ4v) is 4.48. The molecule has 6 nitrogen and oxygen atoms in total. The molecule has 136 valence electrons. The molecule has 2 fully saturated rings. The lowest BCUT2D eigenvalue weighted by molar-refractivity contribution is -0.136. The van der Waals surface area contributed by atoms with Crippen LogP contribution in [0.2, 0.25) is 0 Å². The zero-order valence-corrected chi connectivity index (χ0v) is 15.3. The molecule has 1 aromatic rings. The van der Waals surface area contributed by atoms with Gasteiger partial charge in [-0.15, -0.1) is 0 Å². The van der Waals surface area contributed by atoms with Gasteiger partial charge in [0.2, 0.25) is 5.91 Å². The van der Waals surface area contributed by atoms with Gasteiger partial charge >= 0.3 is 0 Å². The fraction of sp³-hybridized carbons (Fsp3) is 0.737. The van der Waals surface area contributed by atoms with Crippen LogP contribution in [0, 0.1) is 5.92 Å². The van der Waals surface area contributed by atoms with E-state index in [1.165, 1.54) is 17.7 Å². The summed E-state index contributed by atoms with van der Waals surface area (Å²) in [6.45, 7) is 5.66. The predicted molar refractivity (Wildman–Crippen MR) is 97.4 cm³/mol. The zero-order valence-electron chi connectivity index (χ0n) is 15.3. The van der Waals surface area contributed by atoms with E-state index in [1.807, 2.05) is 0 Å². The summed E-state index contributed by atoms with van der Waals surface area (Å²) >= 11 is 0. The average Bonchev–Trinajstić information content (AvgIpc) is 2.67. The molecule has 3 aliphatic heterocycles. The zero-order chi connectivity index (χ0) is 17.2. The summed E-state index contributed by atoms with van der Waals surface area (Å²) in [6.07, 6.45) is 8.36. The predicted octanol–water partition coefficient (Wildman–Crippen LogP) is 1.69. The summed E-state index contributed by atoms with van der Waals surface area (Å²) in [6, 6.07) is 0. The lowest BCUT2D eigenvalue weighted by atomic mass is 9.94. The first-order chi connectivity index (χ1) is 12.2. The molecule has 0 saturated carbocycles. The van der Waals surface area contributed by atoms with Gasteiger partial charge in [0, 0.05) is 51.3 Å². The van der Waals surface area contributed by atoms with Crippen molar-refractivity contribution in [1.29, 1.82) is 0 Å². The number of hydrogen-bond acceptors (Lipinski definition) is 5. The van der Waals surface area contributed by atoms with E-state index in [-0.39, 0.29) is 5.92 Å². The number of aromatic nitrogens is 2. The van der Waals surface area contributed by atoms with Crippen LogP contribution in [0.3, 0.4) is 0 Å². The van der Waals surface area contributed by atoms with Crippen molar-refractivity contribution in [3.8, 4) is 0 Å². The summed E-state index contributed by atoms with van der Waals surface area (Å²) in [5.41, 5.74) is 2.45. The van der Waals surface area contributed by atoms with Crippen molar-refractivity contribution in [1.82, 2.24) is 19.8 Å². The first-order valence-electron chi connectivity index (χ1n) is 9.77. The molecule has 0 bridgehead atoms. The SMILES string of the molecule is CN1CCc2ncnc(N3CCCC(C(=O)N4CCCCC4)C3)c2C1. The van der Waals surface area contributed by atoms with E-state index < -0.39 is 0 Å². The fourth-order valence-electron chi connectivity index (χ4n) is 4.48. The van der Waals surface area contributed by atoms with E-state index in [9.17, 15) is 4.79 Å². The van der Waals surface area contributed by atoms with Crippen LogP contribution in [-0.4, -0.2) is 65.4 Å². The van der Waals surface area contributed by atoms with E-state index in [2.05, 4.69) is 31.7 Å². The summed E-state index contributed by atoms with van der Waals surface area (Å²) in [4.78, 5) is 28.8. The Morgan fingerprint density at radius 1 is 1.08 bits per heavy atom. The van der Waals surface area contributed by atoms with Gasteiger partial charge in [0.05, 0.1) is 11.6 Å². The molecule has 1 unspecified atom stereocenters. The highest BCUT2D eigenvalue weighted by molar-refractivity contribution is 5.80. The Labute approximate surface area is 150 Å². The van der Waals surface area contributed by atoms with Crippen molar-refractivity contribution in [2.24, 2.45) is 5.92 Å². The van der Waals surface area contributed by atoms with Gasteiger partial charge in [-0.2, -0.15) is 0 Å². The summed E-state index contributed by atoms with van der Waals surface area (Å²) in [7, 11) is 2.15. The minimum absolute atomic E-state index is 0.124. The van der Waals surface area contributed by atoms with Crippen LogP contribution in [0.4, 0.5) is 5.82 Å². The maximum Gasteiger partial charge on any atom is 0.227 e. The Morgan fingerprint density at radius 3 is 2.76 bits per heavy atom. The molecule has 4 rings (SSSR count). The molecule has 4 heterocycles. The van der Waals surface area contributed by atoms with Crippen LogP contribution in [0.15, 0.2) is 6.33 Å². The minimum Gasteiger partial charge on any atom is -0.355 e. The third-order valence-electron chi connectivity index (χ3n) is 5.91. The Bertz CT molecular complexity index is 628. The van der Waals surface area contributed by atoms with Gasteiger partial charge in [-0.25, -0.2) is 9.97 Å². The maximum absolute atomic E-state index is 12.9. The highest BCUT2D eigenvalue weighted by Crippen LogP contribution is 2.29. The van der Waals surface area contributed by atoms with Crippen LogP contribution < -0.4 is 4.90 Å². The smallest absolute Gasteiger partial charge is 0.227 e. The Balaban J connectivity index is 1.51. The first kappa shape index (κ1) is 16.8. The van der Waals surface area contributed by atoms with Crippen molar-refractivity contribution in [3.05, 3.63) is 17.6 Å². The molecule has 0 radical (unpaired) electrons. The highest BCUT2D eigenvalue weighted by atomic mass is 16.2. The Hall–Kier alpha value is -1.69. The van der Waals surface area contributed by atoms with Gasteiger partial charge < -0.3 is 14.7 Å². The molecule has 1 amide bonds. The number of rotatable bonds is 2. The lowest BCUT2D eigenvalue weighted by Crippen LogP contribution is -2.47. The molecule has 2 saturated heterocycles. The molecule has 1 atom stereocenters. The minimum atomic E-state index is 0.124. The van der Waals surface area contributed by atoms with Crippen LogP contribution in [0.1, 0.15) is 43.4 Å². The number of likely N-dealkylation sites (tertiary alicyclic amines) is 1. The highest BCUT2D eigenvalue weighted by Gasteiger charge is 2.32. The molecule has 0 aliphatic carbocycles. The first-order valence-corrected chi connectivity index (χ1v) is 9.77. The van der Waals surface area contributed by atoms with Crippen LogP contribution >= 0.6 is 0 Å². The molecule has 0 aromatic carbocycles. The molecular formula is C19H29N5O. The number of nitrogens with zero attached hydrogens (tertiary/aromatic N) is 5. The number of fused-ring (bicyclic) bond motifs is 1. The Kier molecular flexibility index (Phi) is 4.88. The number of carbonyl (C=O) groups is 1. The summed E-state index contributed by atoms with van der Waals surface area (Å²) < 4.78 is 0. The number of hydrogen-bond donors (Lipinski definition) is 0. The summed E-state index contributed by atoms with van der Waals surface area (Å²) in [5.74, 6) is 1.55. The maximum atomic E-state index is 12.9. The van der Waals surface area contributed by atoms with Crippen LogP contribution in [0.5, 0.6) is 0 Å². The Morgan fingerprint density at radius 2 is 1.92 bits per heavy atom. The third-order valence-corrected chi connectivity index (χ3v) is 5.91. The van der Waals surface area contributed by atoms with Crippen molar-refractivity contribution >= 4 is 11.7 Å². The second-order valence-corrected chi connectivity index (χ2v) is 7.78. The monoisotopic (exact) mass is 343 g/mol. The molecule has 0 N–H and O–H groups in total.